The summed E-state index contributed by atoms with van der Waals surface area (Å²) in [7, 11) is -4.10. The molecular formula is C22H26BrFN2O5S. The molecule has 0 spiro atoms. The van der Waals surface area contributed by atoms with E-state index >= 15 is 0 Å². The Kier molecular flexibility index (Phi) is 8.64. The minimum atomic E-state index is -4.10. The number of aryl methyl sites for hydroxylation is 1. The third kappa shape index (κ3) is 7.84. The van der Waals surface area contributed by atoms with Crippen molar-refractivity contribution < 1.29 is 26.9 Å². The lowest BCUT2D eigenvalue weighted by molar-refractivity contribution is -0.135. The van der Waals surface area contributed by atoms with Crippen LogP contribution in [0, 0.1) is 5.82 Å². The first-order valence-electron chi connectivity index (χ1n) is 10.3. The number of nitrogens with zero attached hydrogens (tertiary/aromatic N) is 2. The summed E-state index contributed by atoms with van der Waals surface area (Å²) in [5, 5.41) is 0. The number of hydrogen-bond donors (Lipinski definition) is 1. The van der Waals surface area contributed by atoms with Crippen LogP contribution in [0.3, 0.4) is 0 Å². The van der Waals surface area contributed by atoms with Gasteiger partial charge in [-0.3, -0.25) is 14.2 Å². The molecule has 0 unspecified atom stereocenters. The van der Waals surface area contributed by atoms with Gasteiger partial charge in [-0.05, 0) is 54.3 Å². The Balaban J connectivity index is 1.45. The minimum absolute atomic E-state index is 0.0779. The van der Waals surface area contributed by atoms with Gasteiger partial charge in [0.15, 0.2) is 6.61 Å². The molecule has 1 aliphatic rings. The fourth-order valence-corrected chi connectivity index (χ4v) is 4.40. The Morgan fingerprint density at radius 3 is 2.41 bits per heavy atom. The highest BCUT2D eigenvalue weighted by atomic mass is 79.9. The SMILES string of the molecule is O=C(COc1ccc(Br)cc1CCS(=O)(=O)O)N1CCN(CCc2ccc(F)cc2)CC1. The van der Waals surface area contributed by atoms with Crippen LogP contribution in [-0.2, 0) is 27.8 Å². The first kappa shape index (κ1) is 24.6. The highest BCUT2D eigenvalue weighted by Gasteiger charge is 2.21. The molecule has 0 saturated carbocycles. The summed E-state index contributed by atoms with van der Waals surface area (Å²) in [5.41, 5.74) is 1.67. The van der Waals surface area contributed by atoms with Crippen molar-refractivity contribution in [3.63, 3.8) is 0 Å². The van der Waals surface area contributed by atoms with Crippen LogP contribution in [0.1, 0.15) is 11.1 Å². The van der Waals surface area contributed by atoms with E-state index in [0.717, 1.165) is 36.1 Å². The molecule has 0 radical (unpaired) electrons. The van der Waals surface area contributed by atoms with Gasteiger partial charge in [0, 0.05) is 37.2 Å². The predicted molar refractivity (Wildman–Crippen MR) is 123 cm³/mol. The van der Waals surface area contributed by atoms with Crippen LogP contribution in [0.15, 0.2) is 46.9 Å². The second-order valence-electron chi connectivity index (χ2n) is 7.68. The molecule has 0 aliphatic carbocycles. The van der Waals surface area contributed by atoms with E-state index in [1.54, 1.807) is 35.2 Å². The number of amides is 1. The summed E-state index contributed by atoms with van der Waals surface area (Å²) in [6, 6.07) is 11.6. The molecule has 1 saturated heterocycles. The molecule has 1 aliphatic heterocycles. The zero-order chi connectivity index (χ0) is 23.1. The number of carbonyl (C=O) groups excluding carboxylic acids is 1. The van der Waals surface area contributed by atoms with Gasteiger partial charge in [0.25, 0.3) is 16.0 Å². The van der Waals surface area contributed by atoms with Gasteiger partial charge in [-0.25, -0.2) is 4.39 Å². The van der Waals surface area contributed by atoms with Crippen LogP contribution < -0.4 is 4.74 Å². The van der Waals surface area contributed by atoms with Gasteiger partial charge in [0.05, 0.1) is 5.75 Å². The van der Waals surface area contributed by atoms with E-state index in [1.807, 2.05) is 0 Å². The van der Waals surface area contributed by atoms with Gasteiger partial charge in [-0.1, -0.05) is 28.1 Å². The van der Waals surface area contributed by atoms with Crippen molar-refractivity contribution in [2.75, 3.05) is 45.1 Å². The Hall–Kier alpha value is -2.01. The van der Waals surface area contributed by atoms with Crippen LogP contribution in [0.2, 0.25) is 0 Å². The fraction of sp³-hybridized carbons (Fsp3) is 0.409. The zero-order valence-corrected chi connectivity index (χ0v) is 19.9. The lowest BCUT2D eigenvalue weighted by Gasteiger charge is -2.34. The summed E-state index contributed by atoms with van der Waals surface area (Å²) in [6.45, 7) is 3.41. The average Bonchev–Trinajstić information content (AvgIpc) is 2.76. The molecule has 2 aromatic rings. The number of hydrogen-bond acceptors (Lipinski definition) is 5. The molecule has 7 nitrogen and oxygen atoms in total. The van der Waals surface area contributed by atoms with Crippen LogP contribution in [0.5, 0.6) is 5.75 Å². The zero-order valence-electron chi connectivity index (χ0n) is 17.5. The van der Waals surface area contributed by atoms with Crippen molar-refractivity contribution in [2.45, 2.75) is 12.8 Å². The summed E-state index contributed by atoms with van der Waals surface area (Å²) < 4.78 is 50.6. The maximum atomic E-state index is 13.0. The standard InChI is InChI=1S/C22H26BrFN2O5S/c23-19-3-6-21(18(15-19)8-14-32(28,29)30)31-16-22(27)26-12-10-25(11-13-26)9-7-17-1-4-20(24)5-2-17/h1-6,15H,7-14,16H2,(H,28,29,30). The number of ether oxygens (including phenoxy) is 1. The van der Waals surface area contributed by atoms with Crippen molar-refractivity contribution in [1.29, 1.82) is 0 Å². The third-order valence-corrected chi connectivity index (χ3v) is 6.57. The Bertz CT molecular complexity index is 1030. The highest BCUT2D eigenvalue weighted by molar-refractivity contribution is 9.10. The first-order valence-corrected chi connectivity index (χ1v) is 12.7. The maximum Gasteiger partial charge on any atom is 0.265 e. The van der Waals surface area contributed by atoms with E-state index in [4.69, 9.17) is 9.29 Å². The molecule has 2 aromatic carbocycles. The normalized spacial score (nSPS) is 15.0. The summed E-state index contributed by atoms with van der Waals surface area (Å²) in [6.07, 6.45) is 0.905. The van der Waals surface area contributed by atoms with Gasteiger partial charge < -0.3 is 9.64 Å². The van der Waals surface area contributed by atoms with E-state index in [-0.39, 0.29) is 24.8 Å². The van der Waals surface area contributed by atoms with E-state index in [1.165, 1.54) is 12.1 Å². The Morgan fingerprint density at radius 1 is 1.06 bits per heavy atom. The maximum absolute atomic E-state index is 13.0. The van der Waals surface area contributed by atoms with Crippen molar-refractivity contribution in [3.8, 4) is 5.75 Å². The van der Waals surface area contributed by atoms with Crippen LogP contribution in [0.25, 0.3) is 0 Å². The highest BCUT2D eigenvalue weighted by Crippen LogP contribution is 2.24. The quantitative estimate of drug-likeness (QED) is 0.503. The van der Waals surface area contributed by atoms with E-state index in [2.05, 4.69) is 20.8 Å². The van der Waals surface area contributed by atoms with Crippen molar-refractivity contribution in [2.24, 2.45) is 0 Å². The van der Waals surface area contributed by atoms with E-state index in [9.17, 15) is 17.6 Å². The van der Waals surface area contributed by atoms with Crippen molar-refractivity contribution in [1.82, 2.24) is 9.80 Å². The number of halogens is 2. The molecule has 1 fully saturated rings. The topological polar surface area (TPSA) is 87.1 Å². The Labute approximate surface area is 196 Å². The number of piperazine rings is 1. The van der Waals surface area contributed by atoms with Crippen LogP contribution >= 0.6 is 15.9 Å². The molecule has 1 amide bonds. The smallest absolute Gasteiger partial charge is 0.265 e. The van der Waals surface area contributed by atoms with Crippen LogP contribution in [-0.4, -0.2) is 73.8 Å². The molecule has 1 heterocycles. The summed E-state index contributed by atoms with van der Waals surface area (Å²) in [5.74, 6) is -0.375. The monoisotopic (exact) mass is 528 g/mol. The van der Waals surface area contributed by atoms with Crippen LogP contribution in [0.4, 0.5) is 4.39 Å². The predicted octanol–water partition coefficient (Wildman–Crippen LogP) is 2.78. The molecule has 0 aromatic heterocycles. The second-order valence-corrected chi connectivity index (χ2v) is 10.2. The van der Waals surface area contributed by atoms with Gasteiger partial charge in [0.1, 0.15) is 11.6 Å². The molecule has 0 atom stereocenters. The lowest BCUT2D eigenvalue weighted by atomic mass is 10.1. The number of benzene rings is 2. The summed E-state index contributed by atoms with van der Waals surface area (Å²) >= 11 is 3.33. The molecular weight excluding hydrogens is 503 g/mol. The Morgan fingerprint density at radius 2 is 1.75 bits per heavy atom. The van der Waals surface area contributed by atoms with E-state index in [0.29, 0.717) is 24.4 Å². The van der Waals surface area contributed by atoms with Gasteiger partial charge in [0.2, 0.25) is 0 Å². The third-order valence-electron chi connectivity index (χ3n) is 5.36. The average molecular weight is 529 g/mol. The van der Waals surface area contributed by atoms with Gasteiger partial charge >= 0.3 is 0 Å². The van der Waals surface area contributed by atoms with Gasteiger partial charge in [-0.2, -0.15) is 8.42 Å². The molecule has 3 rings (SSSR count). The molecule has 174 valence electrons. The minimum Gasteiger partial charge on any atom is -0.483 e. The second kappa shape index (κ2) is 11.2. The fourth-order valence-electron chi connectivity index (χ4n) is 3.51. The van der Waals surface area contributed by atoms with Gasteiger partial charge in [-0.15, -0.1) is 0 Å². The molecule has 0 bridgehead atoms. The lowest BCUT2D eigenvalue weighted by Crippen LogP contribution is -2.50. The van der Waals surface area contributed by atoms with E-state index < -0.39 is 15.9 Å². The molecule has 1 N–H and O–H groups in total. The largest absolute Gasteiger partial charge is 0.483 e. The van der Waals surface area contributed by atoms with Crippen molar-refractivity contribution in [3.05, 3.63) is 63.9 Å². The number of carbonyl (C=O) groups is 1. The molecule has 32 heavy (non-hydrogen) atoms. The summed E-state index contributed by atoms with van der Waals surface area (Å²) in [4.78, 5) is 16.6. The number of rotatable bonds is 9. The molecule has 10 heteroatoms. The van der Waals surface area contributed by atoms with Crippen molar-refractivity contribution >= 4 is 32.0 Å². The first-order chi connectivity index (χ1) is 15.2.